The van der Waals surface area contributed by atoms with E-state index < -0.39 is 0 Å². The molecular weight excluding hydrogens is 450 g/mol. The lowest BCUT2D eigenvalue weighted by molar-refractivity contribution is -0.131. The molecule has 32 heavy (non-hydrogen) atoms. The van der Waals surface area contributed by atoms with Crippen LogP contribution in [0.2, 0.25) is 5.02 Å². The third-order valence-electron chi connectivity index (χ3n) is 4.79. The number of nitrogens with zero attached hydrogens (tertiary/aromatic N) is 2. The highest BCUT2D eigenvalue weighted by atomic mass is 35.5. The minimum absolute atomic E-state index is 0.0685. The lowest BCUT2D eigenvalue weighted by Crippen LogP contribution is -2.32. The van der Waals surface area contributed by atoms with Crippen LogP contribution in [0, 0.1) is 5.92 Å². The molecule has 1 aliphatic carbocycles. The Kier molecular flexibility index (Phi) is 8.53. The molecule has 9 heteroatoms. The molecule has 3 rings (SSSR count). The van der Waals surface area contributed by atoms with E-state index in [1.54, 1.807) is 32.4 Å². The Balaban J connectivity index is 1.47. The molecule has 2 amide bonds. The summed E-state index contributed by atoms with van der Waals surface area (Å²) in [5.74, 6) is 1.70. The van der Waals surface area contributed by atoms with E-state index in [4.69, 9.17) is 21.1 Å². The Morgan fingerprint density at radius 1 is 1.34 bits per heavy atom. The highest BCUT2D eigenvalue weighted by molar-refractivity contribution is 7.14. The number of amides is 2. The average Bonchev–Trinajstić information content (AvgIpc) is 3.48. The molecule has 1 N–H and O–H groups in total. The summed E-state index contributed by atoms with van der Waals surface area (Å²) >= 11 is 7.69. The molecule has 172 valence electrons. The first-order valence-electron chi connectivity index (χ1n) is 10.5. The minimum atomic E-state index is -0.180. The minimum Gasteiger partial charge on any atom is -0.493 e. The molecule has 1 aromatic heterocycles. The van der Waals surface area contributed by atoms with E-state index in [-0.39, 0.29) is 30.7 Å². The fourth-order valence-electron chi connectivity index (χ4n) is 2.70. The van der Waals surface area contributed by atoms with E-state index in [0.29, 0.717) is 21.9 Å². The Labute approximate surface area is 197 Å². The van der Waals surface area contributed by atoms with E-state index >= 15 is 0 Å². The first kappa shape index (κ1) is 24.1. The van der Waals surface area contributed by atoms with E-state index in [1.807, 2.05) is 25.1 Å². The van der Waals surface area contributed by atoms with Gasteiger partial charge >= 0.3 is 0 Å². The summed E-state index contributed by atoms with van der Waals surface area (Å²) in [6.07, 6.45) is 8.26. The smallest absolute Gasteiger partial charge is 0.279 e. The fraction of sp³-hybridized carbons (Fsp3) is 0.435. The third-order valence-corrected chi connectivity index (χ3v) is 5.92. The Morgan fingerprint density at radius 3 is 2.81 bits per heavy atom. The number of carbonyl (C=O) groups is 2. The Hall–Kier alpha value is -2.58. The number of hydrogen-bond donors (Lipinski definition) is 1. The molecule has 0 bridgehead atoms. The van der Waals surface area contributed by atoms with Crippen molar-refractivity contribution in [1.29, 1.82) is 0 Å². The molecular formula is C23H28ClN3O4S. The van der Waals surface area contributed by atoms with Gasteiger partial charge in [0.25, 0.3) is 5.19 Å². The van der Waals surface area contributed by atoms with Crippen LogP contribution in [0.1, 0.15) is 37.5 Å². The maximum absolute atomic E-state index is 12.0. The van der Waals surface area contributed by atoms with Crippen molar-refractivity contribution < 1.29 is 19.1 Å². The summed E-state index contributed by atoms with van der Waals surface area (Å²) in [6.45, 7) is 2.60. The normalized spacial score (nSPS) is 14.2. The predicted octanol–water partition coefficient (Wildman–Crippen LogP) is 4.76. The van der Waals surface area contributed by atoms with Crippen molar-refractivity contribution >= 4 is 40.8 Å². The van der Waals surface area contributed by atoms with Crippen molar-refractivity contribution in [2.45, 2.75) is 38.6 Å². The van der Waals surface area contributed by atoms with Crippen molar-refractivity contribution in [3.63, 3.8) is 0 Å². The number of ether oxygens (including phenoxy) is 2. The molecule has 0 aliphatic heterocycles. The monoisotopic (exact) mass is 477 g/mol. The van der Waals surface area contributed by atoms with Crippen LogP contribution in [0.4, 0.5) is 0 Å². The van der Waals surface area contributed by atoms with Crippen LogP contribution in [0.5, 0.6) is 16.7 Å². The first-order valence-corrected chi connectivity index (χ1v) is 11.7. The van der Waals surface area contributed by atoms with E-state index in [2.05, 4.69) is 10.3 Å². The number of carbonyl (C=O) groups excluding carboxylic acids is 2. The lowest BCUT2D eigenvalue weighted by Gasteiger charge is -2.11. The van der Waals surface area contributed by atoms with Gasteiger partial charge in [-0.15, -0.1) is 0 Å². The molecule has 1 atom stereocenters. The van der Waals surface area contributed by atoms with Crippen molar-refractivity contribution in [3.05, 3.63) is 40.4 Å². The quantitative estimate of drug-likeness (QED) is 0.504. The lowest BCUT2D eigenvalue weighted by atomic mass is 10.2. The van der Waals surface area contributed by atoms with E-state index in [0.717, 1.165) is 17.2 Å². The molecule has 0 unspecified atom stereocenters. The van der Waals surface area contributed by atoms with E-state index in [1.165, 1.54) is 29.1 Å². The van der Waals surface area contributed by atoms with Crippen molar-refractivity contribution in [2.75, 3.05) is 20.7 Å². The number of benzene rings is 1. The highest BCUT2D eigenvalue weighted by Crippen LogP contribution is 2.35. The molecule has 0 saturated heterocycles. The second kappa shape index (κ2) is 11.3. The molecule has 1 heterocycles. The van der Waals surface area contributed by atoms with Gasteiger partial charge < -0.3 is 19.7 Å². The highest BCUT2D eigenvalue weighted by Gasteiger charge is 2.22. The summed E-state index contributed by atoms with van der Waals surface area (Å²) in [5.41, 5.74) is 0. The van der Waals surface area contributed by atoms with Crippen LogP contribution in [-0.2, 0) is 9.59 Å². The zero-order chi connectivity index (χ0) is 23.1. The van der Waals surface area contributed by atoms with Gasteiger partial charge in [0.2, 0.25) is 11.8 Å². The van der Waals surface area contributed by atoms with Gasteiger partial charge in [0, 0.05) is 45.2 Å². The van der Waals surface area contributed by atoms with Gasteiger partial charge in [-0.05, 0) is 43.9 Å². The fourth-order valence-corrected chi connectivity index (χ4v) is 3.60. The predicted molar refractivity (Wildman–Crippen MR) is 126 cm³/mol. The zero-order valence-corrected chi connectivity index (χ0v) is 20.0. The zero-order valence-electron chi connectivity index (χ0n) is 18.5. The van der Waals surface area contributed by atoms with Crippen LogP contribution in [0.3, 0.4) is 0 Å². The summed E-state index contributed by atoms with van der Waals surface area (Å²) in [5, 5.41) is 3.79. The van der Waals surface area contributed by atoms with Gasteiger partial charge in [-0.2, -0.15) is 0 Å². The molecule has 1 aliphatic rings. The number of aromatic nitrogens is 1. The van der Waals surface area contributed by atoms with Gasteiger partial charge in [-0.25, -0.2) is 4.98 Å². The summed E-state index contributed by atoms with van der Waals surface area (Å²) in [4.78, 5) is 30.2. The maximum Gasteiger partial charge on any atom is 0.279 e. The number of rotatable bonds is 11. The standard InChI is InChI=1S/C23H28ClN3O4S/c1-15(26-21(28)10-11-22(29)27(2)3)4-8-18-13-25-23(32-18)31-20-9-7-17(12-19(20)24)30-14-16-5-6-16/h4,7-9,12-13,15-16H,5-6,10-11,14H2,1-3H3,(H,26,28)/t15-/m0/s1. The third kappa shape index (κ3) is 7.84. The SMILES string of the molecule is C[C@@H](C=Cc1cnc(Oc2ccc(OCC3CC3)cc2Cl)s1)NC(=O)CCC(=O)N(C)C. The molecule has 1 saturated carbocycles. The van der Waals surface area contributed by atoms with Crippen LogP contribution >= 0.6 is 22.9 Å². The number of nitrogens with one attached hydrogen (secondary N) is 1. The molecule has 0 spiro atoms. The summed E-state index contributed by atoms with van der Waals surface area (Å²) < 4.78 is 11.5. The van der Waals surface area contributed by atoms with Crippen LogP contribution in [0.25, 0.3) is 6.08 Å². The molecule has 1 fully saturated rings. The van der Waals surface area contributed by atoms with Gasteiger partial charge in [0.15, 0.2) is 0 Å². The number of hydrogen-bond acceptors (Lipinski definition) is 6. The largest absolute Gasteiger partial charge is 0.493 e. The van der Waals surface area contributed by atoms with Crippen molar-refractivity contribution in [1.82, 2.24) is 15.2 Å². The molecule has 1 aromatic carbocycles. The van der Waals surface area contributed by atoms with Gasteiger partial charge in [0.05, 0.1) is 16.5 Å². The van der Waals surface area contributed by atoms with Crippen molar-refractivity contribution in [3.8, 4) is 16.7 Å². The van der Waals surface area contributed by atoms with Gasteiger partial charge in [-0.3, -0.25) is 9.59 Å². The van der Waals surface area contributed by atoms with Crippen LogP contribution in [0.15, 0.2) is 30.5 Å². The van der Waals surface area contributed by atoms with Crippen LogP contribution in [-0.4, -0.2) is 48.4 Å². The number of halogens is 1. The summed E-state index contributed by atoms with van der Waals surface area (Å²) in [7, 11) is 3.35. The second-order valence-electron chi connectivity index (χ2n) is 7.98. The Morgan fingerprint density at radius 2 is 2.12 bits per heavy atom. The average molecular weight is 478 g/mol. The van der Waals surface area contributed by atoms with Gasteiger partial charge in [-0.1, -0.05) is 29.0 Å². The topological polar surface area (TPSA) is 80.8 Å². The molecule has 7 nitrogen and oxygen atoms in total. The second-order valence-corrected chi connectivity index (χ2v) is 9.41. The van der Waals surface area contributed by atoms with Gasteiger partial charge in [0.1, 0.15) is 11.5 Å². The molecule has 0 radical (unpaired) electrons. The number of thiazole rings is 1. The molecule has 2 aromatic rings. The van der Waals surface area contributed by atoms with Crippen molar-refractivity contribution in [2.24, 2.45) is 5.92 Å². The first-order chi connectivity index (χ1) is 15.3. The summed E-state index contributed by atoms with van der Waals surface area (Å²) in [6, 6.07) is 5.19. The van der Waals surface area contributed by atoms with E-state index in [9.17, 15) is 9.59 Å². The van der Waals surface area contributed by atoms with Crippen LogP contribution < -0.4 is 14.8 Å². The maximum atomic E-state index is 12.0. The Bertz CT molecular complexity index is 972.